The van der Waals surface area contributed by atoms with Gasteiger partial charge >= 0.3 is 0 Å². The van der Waals surface area contributed by atoms with Crippen molar-refractivity contribution < 1.29 is 0 Å². The number of anilines is 1. The summed E-state index contributed by atoms with van der Waals surface area (Å²) < 4.78 is 0. The Morgan fingerprint density at radius 2 is 1.80 bits per heavy atom. The van der Waals surface area contributed by atoms with E-state index in [9.17, 15) is 0 Å². The van der Waals surface area contributed by atoms with Gasteiger partial charge in [0.1, 0.15) is 5.82 Å². The Hall–Kier alpha value is -1.25. The first-order valence-corrected chi connectivity index (χ1v) is 7.46. The van der Waals surface area contributed by atoms with Gasteiger partial charge in [0.15, 0.2) is 0 Å². The fourth-order valence-electron chi connectivity index (χ4n) is 1.93. The van der Waals surface area contributed by atoms with E-state index >= 15 is 0 Å². The van der Waals surface area contributed by atoms with Gasteiger partial charge in [-0.2, -0.15) is 0 Å². The first kappa shape index (κ1) is 15.1. The molecule has 106 valence electrons. The predicted octanol–water partition coefficient (Wildman–Crippen LogP) is 5.49. The van der Waals surface area contributed by atoms with Crippen molar-refractivity contribution in [3.63, 3.8) is 0 Å². The summed E-state index contributed by atoms with van der Waals surface area (Å²) in [6.07, 6.45) is 1.01. The molecule has 0 radical (unpaired) electrons. The van der Waals surface area contributed by atoms with E-state index in [2.05, 4.69) is 43.2 Å². The smallest absolute Gasteiger partial charge is 0.145 e. The van der Waals surface area contributed by atoms with Crippen LogP contribution in [0, 0.1) is 13.8 Å². The van der Waals surface area contributed by atoms with Crippen molar-refractivity contribution in [1.29, 1.82) is 0 Å². The molecule has 0 spiro atoms. The molecule has 2 aromatic rings. The summed E-state index contributed by atoms with van der Waals surface area (Å²) in [5, 5.41) is 4.35. The van der Waals surface area contributed by atoms with Gasteiger partial charge in [-0.25, -0.2) is 4.98 Å². The van der Waals surface area contributed by atoms with E-state index in [1.54, 1.807) is 6.07 Å². The number of hydrogen-bond acceptors (Lipinski definition) is 2. The average Bonchev–Trinajstić information content (AvgIpc) is 2.41. The predicted molar refractivity (Wildman–Crippen MR) is 87.9 cm³/mol. The number of halogens is 2. The maximum Gasteiger partial charge on any atom is 0.145 e. The highest BCUT2D eigenvalue weighted by Gasteiger charge is 2.11. The summed E-state index contributed by atoms with van der Waals surface area (Å²) >= 11 is 12.5. The molecule has 1 N–H and O–H groups in total. The molecule has 0 unspecified atom stereocenters. The van der Waals surface area contributed by atoms with Crippen molar-refractivity contribution >= 4 is 29.0 Å². The first-order chi connectivity index (χ1) is 9.52. The Morgan fingerprint density at radius 1 is 1.05 bits per heavy atom. The molecule has 1 heterocycles. The number of aryl methyl sites for hydroxylation is 2. The number of pyridine rings is 1. The highest BCUT2D eigenvalue weighted by atomic mass is 35.5. The quantitative estimate of drug-likeness (QED) is 0.807. The molecule has 0 amide bonds. The molecular formula is C16H18Cl2N2. The zero-order valence-corrected chi connectivity index (χ0v) is 13.4. The van der Waals surface area contributed by atoms with Crippen molar-refractivity contribution in [3.8, 4) is 11.3 Å². The minimum Gasteiger partial charge on any atom is -0.369 e. The van der Waals surface area contributed by atoms with Gasteiger partial charge in [0.2, 0.25) is 0 Å². The van der Waals surface area contributed by atoms with Gasteiger partial charge in [0.25, 0.3) is 0 Å². The number of benzene rings is 1. The lowest BCUT2D eigenvalue weighted by Gasteiger charge is -2.11. The highest BCUT2D eigenvalue weighted by Crippen LogP contribution is 2.33. The van der Waals surface area contributed by atoms with Crippen LogP contribution in [0.2, 0.25) is 10.0 Å². The monoisotopic (exact) mass is 308 g/mol. The van der Waals surface area contributed by atoms with E-state index in [-0.39, 0.29) is 0 Å². The minimum atomic E-state index is 0.552. The molecule has 0 bridgehead atoms. The Bertz CT molecular complexity index is 624. The fourth-order valence-corrected chi connectivity index (χ4v) is 2.46. The van der Waals surface area contributed by atoms with Crippen LogP contribution < -0.4 is 5.32 Å². The Balaban J connectivity index is 2.47. The van der Waals surface area contributed by atoms with Gasteiger partial charge in [-0.1, -0.05) is 42.3 Å². The molecule has 2 rings (SSSR count). The molecule has 0 fully saturated rings. The summed E-state index contributed by atoms with van der Waals surface area (Å²) in [6, 6.07) is 7.96. The van der Waals surface area contributed by atoms with Crippen LogP contribution in [0.3, 0.4) is 0 Å². The van der Waals surface area contributed by atoms with E-state index in [0.717, 1.165) is 24.2 Å². The Morgan fingerprint density at radius 3 is 2.45 bits per heavy atom. The van der Waals surface area contributed by atoms with Gasteiger partial charge in [0.05, 0.1) is 15.7 Å². The van der Waals surface area contributed by atoms with Crippen molar-refractivity contribution in [2.75, 3.05) is 11.9 Å². The number of hydrogen-bond donors (Lipinski definition) is 1. The van der Waals surface area contributed by atoms with Crippen molar-refractivity contribution in [2.45, 2.75) is 27.2 Å². The molecular weight excluding hydrogens is 291 g/mol. The van der Waals surface area contributed by atoms with Crippen molar-refractivity contribution in [3.05, 3.63) is 45.4 Å². The molecule has 0 aliphatic rings. The second-order valence-corrected chi connectivity index (χ2v) is 5.69. The van der Waals surface area contributed by atoms with E-state index < -0.39 is 0 Å². The molecule has 0 aliphatic carbocycles. The summed E-state index contributed by atoms with van der Waals surface area (Å²) in [5.74, 6) is 0.686. The highest BCUT2D eigenvalue weighted by molar-refractivity contribution is 6.37. The summed E-state index contributed by atoms with van der Waals surface area (Å²) in [7, 11) is 0. The third-order valence-electron chi connectivity index (χ3n) is 3.25. The van der Waals surface area contributed by atoms with Crippen LogP contribution in [0.4, 0.5) is 5.82 Å². The van der Waals surface area contributed by atoms with E-state index in [1.165, 1.54) is 11.1 Å². The second kappa shape index (κ2) is 6.47. The summed E-state index contributed by atoms with van der Waals surface area (Å²) in [4.78, 5) is 4.58. The standard InChI is InChI=1S/C16H18Cl2N2/c1-4-7-19-16-14(18)9-13(17)15(20-16)12-6-5-10(2)11(3)8-12/h5-6,8-9H,4,7H2,1-3H3,(H,19,20). The van der Waals surface area contributed by atoms with Crippen LogP contribution in [0.25, 0.3) is 11.3 Å². The minimum absolute atomic E-state index is 0.552. The average molecular weight is 309 g/mol. The van der Waals surface area contributed by atoms with Crippen LogP contribution in [0.1, 0.15) is 24.5 Å². The lowest BCUT2D eigenvalue weighted by molar-refractivity contribution is 0.970. The van der Waals surface area contributed by atoms with Crippen LogP contribution in [0.15, 0.2) is 24.3 Å². The summed E-state index contributed by atoms with van der Waals surface area (Å²) in [6.45, 7) is 7.10. The SMILES string of the molecule is CCCNc1nc(-c2ccc(C)c(C)c2)c(Cl)cc1Cl. The fraction of sp³-hybridized carbons (Fsp3) is 0.312. The number of nitrogens with one attached hydrogen (secondary N) is 1. The van der Waals surface area contributed by atoms with Gasteiger partial charge < -0.3 is 5.32 Å². The first-order valence-electron chi connectivity index (χ1n) is 6.70. The second-order valence-electron chi connectivity index (χ2n) is 4.88. The molecule has 0 atom stereocenters. The topological polar surface area (TPSA) is 24.9 Å². The Labute approximate surface area is 130 Å². The maximum atomic E-state index is 6.29. The van der Waals surface area contributed by atoms with Crippen molar-refractivity contribution in [1.82, 2.24) is 4.98 Å². The van der Waals surface area contributed by atoms with Gasteiger partial charge in [0, 0.05) is 12.1 Å². The number of aromatic nitrogens is 1. The van der Waals surface area contributed by atoms with Gasteiger partial charge in [-0.15, -0.1) is 0 Å². The van der Waals surface area contributed by atoms with Crippen molar-refractivity contribution in [2.24, 2.45) is 0 Å². The third-order valence-corrected chi connectivity index (χ3v) is 3.83. The molecule has 1 aromatic heterocycles. The molecule has 20 heavy (non-hydrogen) atoms. The number of nitrogens with zero attached hydrogens (tertiary/aromatic N) is 1. The third kappa shape index (κ3) is 3.25. The van der Waals surface area contributed by atoms with E-state index in [0.29, 0.717) is 15.9 Å². The van der Waals surface area contributed by atoms with Crippen LogP contribution in [0.5, 0.6) is 0 Å². The molecule has 4 heteroatoms. The normalized spacial score (nSPS) is 10.7. The Kier molecular flexibility index (Phi) is 4.90. The molecule has 0 saturated carbocycles. The summed E-state index contributed by atoms with van der Waals surface area (Å²) in [5.41, 5.74) is 4.24. The van der Waals surface area contributed by atoms with Crippen LogP contribution in [-0.2, 0) is 0 Å². The largest absolute Gasteiger partial charge is 0.369 e. The maximum absolute atomic E-state index is 6.29. The molecule has 1 aromatic carbocycles. The molecule has 2 nitrogen and oxygen atoms in total. The molecule has 0 saturated heterocycles. The van der Waals surface area contributed by atoms with E-state index in [4.69, 9.17) is 23.2 Å². The lowest BCUT2D eigenvalue weighted by Crippen LogP contribution is -2.03. The lowest BCUT2D eigenvalue weighted by atomic mass is 10.0. The van der Waals surface area contributed by atoms with Crippen LogP contribution in [-0.4, -0.2) is 11.5 Å². The molecule has 0 aliphatic heterocycles. The zero-order valence-electron chi connectivity index (χ0n) is 11.9. The number of rotatable bonds is 4. The van der Waals surface area contributed by atoms with E-state index in [1.807, 2.05) is 6.07 Å². The van der Waals surface area contributed by atoms with Crippen LogP contribution >= 0.6 is 23.2 Å². The van der Waals surface area contributed by atoms with Gasteiger partial charge in [-0.3, -0.25) is 0 Å². The van der Waals surface area contributed by atoms with Gasteiger partial charge in [-0.05, 0) is 43.5 Å². The zero-order chi connectivity index (χ0) is 14.7.